The molecule has 0 unspecified atom stereocenters. The number of sulfonamides is 1. The van der Waals surface area contributed by atoms with Gasteiger partial charge in [0.05, 0.1) is 24.1 Å². The van der Waals surface area contributed by atoms with Crippen LogP contribution >= 0.6 is 0 Å². The van der Waals surface area contributed by atoms with E-state index in [1.807, 2.05) is 4.72 Å². The lowest BCUT2D eigenvalue weighted by Crippen LogP contribution is -2.29. The number of aromatic carboxylic acids is 1. The fourth-order valence-corrected chi connectivity index (χ4v) is 4.11. The zero-order valence-electron chi connectivity index (χ0n) is 17.5. The van der Waals surface area contributed by atoms with Crippen LogP contribution in [0.2, 0.25) is 0 Å². The molecule has 0 saturated carbocycles. The molecule has 0 fully saturated rings. The van der Waals surface area contributed by atoms with Gasteiger partial charge in [0.2, 0.25) is 10.0 Å². The standard InChI is InChI=1S/C23H16F2N2O6S/c1-34(32,33)26-21(28)14-2-3-15-11-27(22(29)17(15)8-14)20-10-13(4-6-16(20)23(30)31)12-5-7-18(24)19(25)9-12/h2-10H,11H2,1H3,(H,26,28)(H,30,31). The molecule has 1 aliphatic heterocycles. The summed E-state index contributed by atoms with van der Waals surface area (Å²) in [5, 5.41) is 9.64. The summed E-state index contributed by atoms with van der Waals surface area (Å²) < 4.78 is 51.5. The second-order valence-corrected chi connectivity index (χ2v) is 9.38. The van der Waals surface area contributed by atoms with Gasteiger partial charge in [0.25, 0.3) is 11.8 Å². The number of carbonyl (C=O) groups excluding carboxylic acids is 2. The highest BCUT2D eigenvalue weighted by atomic mass is 32.2. The van der Waals surface area contributed by atoms with E-state index in [9.17, 15) is 36.7 Å². The van der Waals surface area contributed by atoms with Gasteiger partial charge in [-0.15, -0.1) is 0 Å². The molecular formula is C23H16F2N2O6S. The lowest BCUT2D eigenvalue weighted by atomic mass is 10.0. The van der Waals surface area contributed by atoms with Crippen molar-refractivity contribution in [1.82, 2.24) is 4.72 Å². The Morgan fingerprint density at radius 3 is 2.29 bits per heavy atom. The van der Waals surface area contributed by atoms with Gasteiger partial charge >= 0.3 is 5.97 Å². The predicted octanol–water partition coefficient (Wildman–Crippen LogP) is 3.18. The van der Waals surface area contributed by atoms with Gasteiger partial charge in [-0.2, -0.15) is 0 Å². The molecule has 2 amide bonds. The summed E-state index contributed by atoms with van der Waals surface area (Å²) in [6.07, 6.45) is 0.818. The van der Waals surface area contributed by atoms with Gasteiger partial charge < -0.3 is 10.0 Å². The number of fused-ring (bicyclic) bond motifs is 1. The molecular weight excluding hydrogens is 470 g/mol. The molecule has 0 spiro atoms. The first-order valence-corrected chi connectivity index (χ1v) is 11.6. The average Bonchev–Trinajstić information content (AvgIpc) is 3.09. The van der Waals surface area contributed by atoms with E-state index >= 15 is 0 Å². The number of anilines is 1. The van der Waals surface area contributed by atoms with Crippen molar-refractivity contribution in [2.75, 3.05) is 11.2 Å². The first kappa shape index (κ1) is 23.1. The lowest BCUT2D eigenvalue weighted by molar-refractivity contribution is 0.0697. The van der Waals surface area contributed by atoms with E-state index < -0.39 is 39.4 Å². The van der Waals surface area contributed by atoms with Gasteiger partial charge in [-0.25, -0.2) is 26.7 Å². The third kappa shape index (κ3) is 4.37. The van der Waals surface area contributed by atoms with Crippen LogP contribution in [0.3, 0.4) is 0 Å². The van der Waals surface area contributed by atoms with Crippen molar-refractivity contribution in [1.29, 1.82) is 0 Å². The number of hydrogen-bond acceptors (Lipinski definition) is 5. The molecule has 0 aromatic heterocycles. The molecule has 2 N–H and O–H groups in total. The molecule has 0 radical (unpaired) electrons. The quantitative estimate of drug-likeness (QED) is 0.572. The predicted molar refractivity (Wildman–Crippen MR) is 118 cm³/mol. The number of nitrogens with one attached hydrogen (secondary N) is 1. The molecule has 11 heteroatoms. The van der Waals surface area contributed by atoms with Gasteiger partial charge in [-0.3, -0.25) is 9.59 Å². The van der Waals surface area contributed by atoms with E-state index in [0.717, 1.165) is 18.4 Å². The number of nitrogens with zero attached hydrogens (tertiary/aromatic N) is 1. The first-order valence-electron chi connectivity index (χ1n) is 9.74. The second-order valence-electron chi connectivity index (χ2n) is 7.63. The van der Waals surface area contributed by atoms with Crippen molar-refractivity contribution < 1.29 is 36.7 Å². The monoisotopic (exact) mass is 486 g/mol. The minimum atomic E-state index is -3.82. The number of rotatable bonds is 5. The summed E-state index contributed by atoms with van der Waals surface area (Å²) >= 11 is 0. The van der Waals surface area contributed by atoms with Crippen LogP contribution in [0.25, 0.3) is 11.1 Å². The smallest absolute Gasteiger partial charge is 0.337 e. The Morgan fingerprint density at radius 2 is 1.65 bits per heavy atom. The zero-order chi connectivity index (χ0) is 24.8. The van der Waals surface area contributed by atoms with Crippen LogP contribution in [-0.4, -0.2) is 37.6 Å². The Balaban J connectivity index is 1.74. The highest BCUT2D eigenvalue weighted by Crippen LogP contribution is 2.35. The Hall–Kier alpha value is -4.12. The molecule has 0 aliphatic carbocycles. The van der Waals surface area contributed by atoms with Gasteiger partial charge in [0, 0.05) is 11.1 Å². The number of hydrogen-bond donors (Lipinski definition) is 2. The average molecular weight is 486 g/mol. The van der Waals surface area contributed by atoms with Gasteiger partial charge in [-0.05, 0) is 53.1 Å². The Labute approximate surface area is 192 Å². The number of benzene rings is 3. The third-order valence-corrected chi connectivity index (χ3v) is 5.78. The molecule has 0 bridgehead atoms. The fraction of sp³-hybridized carbons (Fsp3) is 0.0870. The van der Waals surface area contributed by atoms with Crippen LogP contribution in [0.15, 0.2) is 54.6 Å². The van der Waals surface area contributed by atoms with E-state index in [4.69, 9.17) is 0 Å². The molecule has 8 nitrogen and oxygen atoms in total. The molecule has 34 heavy (non-hydrogen) atoms. The fourth-order valence-electron chi connectivity index (χ4n) is 3.66. The van der Waals surface area contributed by atoms with E-state index in [0.29, 0.717) is 11.1 Å². The van der Waals surface area contributed by atoms with Crippen LogP contribution in [0.1, 0.15) is 36.6 Å². The van der Waals surface area contributed by atoms with Crippen LogP contribution in [0, 0.1) is 11.6 Å². The first-order chi connectivity index (χ1) is 15.9. The van der Waals surface area contributed by atoms with Crippen molar-refractivity contribution in [3.8, 4) is 11.1 Å². The highest BCUT2D eigenvalue weighted by molar-refractivity contribution is 7.89. The number of carbonyl (C=O) groups is 3. The normalized spacial score (nSPS) is 13.0. The largest absolute Gasteiger partial charge is 0.478 e. The van der Waals surface area contributed by atoms with Crippen molar-refractivity contribution in [3.05, 3.63) is 88.5 Å². The summed E-state index contributed by atoms with van der Waals surface area (Å²) in [7, 11) is -3.82. The van der Waals surface area contributed by atoms with E-state index in [2.05, 4.69) is 0 Å². The second kappa shape index (κ2) is 8.34. The Bertz CT molecular complexity index is 1490. The SMILES string of the molecule is CS(=O)(=O)NC(=O)c1ccc2c(c1)C(=O)N(c1cc(-c3ccc(F)c(F)c3)ccc1C(=O)O)C2. The summed E-state index contributed by atoms with van der Waals surface area (Å²) in [4.78, 5) is 38.3. The molecule has 3 aromatic rings. The van der Waals surface area contributed by atoms with Gasteiger partial charge in [-0.1, -0.05) is 18.2 Å². The molecule has 0 saturated heterocycles. The van der Waals surface area contributed by atoms with Crippen LogP contribution in [0.4, 0.5) is 14.5 Å². The highest BCUT2D eigenvalue weighted by Gasteiger charge is 2.32. The number of amides is 2. The molecule has 3 aromatic carbocycles. The summed E-state index contributed by atoms with van der Waals surface area (Å²) in [5.74, 6) is -4.93. The Kier molecular flexibility index (Phi) is 5.65. The maximum atomic E-state index is 13.7. The molecule has 1 aliphatic rings. The van der Waals surface area contributed by atoms with Crippen molar-refractivity contribution in [3.63, 3.8) is 0 Å². The minimum Gasteiger partial charge on any atom is -0.478 e. The van der Waals surface area contributed by atoms with Crippen LogP contribution in [-0.2, 0) is 16.6 Å². The number of halogens is 2. The summed E-state index contributed by atoms with van der Waals surface area (Å²) in [6.45, 7) is -0.0103. The maximum absolute atomic E-state index is 13.7. The van der Waals surface area contributed by atoms with Crippen molar-refractivity contribution in [2.45, 2.75) is 6.54 Å². The molecule has 174 valence electrons. The zero-order valence-corrected chi connectivity index (χ0v) is 18.3. The molecule has 4 rings (SSSR count). The third-order valence-electron chi connectivity index (χ3n) is 5.23. The number of carboxylic acid groups (broad SMARTS) is 1. The van der Waals surface area contributed by atoms with Crippen LogP contribution < -0.4 is 9.62 Å². The van der Waals surface area contributed by atoms with Gasteiger partial charge in [0.15, 0.2) is 11.6 Å². The lowest BCUT2D eigenvalue weighted by Gasteiger charge is -2.19. The van der Waals surface area contributed by atoms with Crippen molar-refractivity contribution in [2.24, 2.45) is 0 Å². The van der Waals surface area contributed by atoms with Crippen molar-refractivity contribution >= 4 is 33.5 Å². The summed E-state index contributed by atoms with van der Waals surface area (Å²) in [5.41, 5.74) is 1.01. The van der Waals surface area contributed by atoms with E-state index in [1.165, 1.54) is 47.4 Å². The maximum Gasteiger partial charge on any atom is 0.337 e. The van der Waals surface area contributed by atoms with Crippen LogP contribution in [0.5, 0.6) is 0 Å². The summed E-state index contributed by atoms with van der Waals surface area (Å²) in [6, 6.07) is 11.4. The minimum absolute atomic E-state index is 0.0103. The molecule has 0 atom stereocenters. The topological polar surface area (TPSA) is 121 Å². The van der Waals surface area contributed by atoms with Gasteiger partial charge in [0.1, 0.15) is 0 Å². The van der Waals surface area contributed by atoms with E-state index in [1.54, 1.807) is 0 Å². The number of carboxylic acids is 1. The van der Waals surface area contributed by atoms with E-state index in [-0.39, 0.29) is 34.5 Å². The molecule has 1 heterocycles. The Morgan fingerprint density at radius 1 is 0.971 bits per heavy atom.